The fraction of sp³-hybridized carbons (Fsp3) is 0.333. The first kappa shape index (κ1) is 9.99. The van der Waals surface area contributed by atoms with Gasteiger partial charge in [0.2, 0.25) is 0 Å². The molecule has 13 heavy (non-hydrogen) atoms. The third-order valence-electron chi connectivity index (χ3n) is 1.48. The summed E-state index contributed by atoms with van der Waals surface area (Å²) in [5, 5.41) is 0.616. The molecule has 0 radical (unpaired) electrons. The molecule has 4 heteroatoms. The third-order valence-corrected chi connectivity index (χ3v) is 1.76. The number of imidazole rings is 1. The number of rotatable bonds is 0. The van der Waals surface area contributed by atoms with E-state index in [-0.39, 0.29) is 0 Å². The quantitative estimate of drug-likeness (QED) is 0.650. The van der Waals surface area contributed by atoms with E-state index in [2.05, 4.69) is 9.97 Å². The summed E-state index contributed by atoms with van der Waals surface area (Å²) in [6.45, 7) is 5.91. The van der Waals surface area contributed by atoms with Gasteiger partial charge in [0.05, 0.1) is 18.1 Å². The molecule has 0 aromatic carbocycles. The fourth-order valence-electron chi connectivity index (χ4n) is 0.956. The van der Waals surface area contributed by atoms with Crippen molar-refractivity contribution in [2.24, 2.45) is 0 Å². The molecule has 3 nitrogen and oxygen atoms in total. The van der Waals surface area contributed by atoms with Crippen molar-refractivity contribution in [1.29, 1.82) is 0 Å². The Balaban J connectivity index is 0.000000396. The Labute approximate surface area is 82.4 Å². The first-order valence-corrected chi connectivity index (χ1v) is 4.60. The molecule has 0 spiro atoms. The first-order valence-electron chi connectivity index (χ1n) is 4.22. The van der Waals surface area contributed by atoms with E-state index < -0.39 is 0 Å². The van der Waals surface area contributed by atoms with Crippen LogP contribution in [0.4, 0.5) is 0 Å². The smallest absolute Gasteiger partial charge is 0.156 e. The highest BCUT2D eigenvalue weighted by atomic mass is 35.5. The maximum Gasteiger partial charge on any atom is 0.156 e. The largest absolute Gasteiger partial charge is 0.287 e. The van der Waals surface area contributed by atoms with Crippen LogP contribution >= 0.6 is 11.6 Å². The van der Waals surface area contributed by atoms with E-state index in [9.17, 15) is 0 Å². The van der Waals surface area contributed by atoms with Gasteiger partial charge in [-0.1, -0.05) is 25.4 Å². The zero-order valence-corrected chi connectivity index (χ0v) is 8.71. The van der Waals surface area contributed by atoms with E-state index in [4.69, 9.17) is 11.6 Å². The maximum atomic E-state index is 5.82. The second kappa shape index (κ2) is 4.23. The molecular weight excluding hydrogens is 186 g/mol. The number of nitrogens with zero attached hydrogens (tertiary/aromatic N) is 3. The molecule has 0 amide bonds. The topological polar surface area (TPSA) is 30.2 Å². The van der Waals surface area contributed by atoms with Crippen LogP contribution in [0.1, 0.15) is 19.5 Å². The Morgan fingerprint density at radius 3 is 2.62 bits per heavy atom. The average Bonchev–Trinajstić information content (AvgIpc) is 2.52. The highest BCUT2D eigenvalue weighted by Crippen LogP contribution is 2.10. The monoisotopic (exact) mass is 197 g/mol. The van der Waals surface area contributed by atoms with Gasteiger partial charge in [-0.05, 0) is 6.92 Å². The van der Waals surface area contributed by atoms with Gasteiger partial charge in [-0.25, -0.2) is 4.98 Å². The summed E-state index contributed by atoms with van der Waals surface area (Å²) in [6.07, 6.45) is 5.16. The van der Waals surface area contributed by atoms with Crippen LogP contribution in [0, 0.1) is 6.92 Å². The van der Waals surface area contributed by atoms with Gasteiger partial charge in [0.25, 0.3) is 0 Å². The van der Waals surface area contributed by atoms with Crippen molar-refractivity contribution >= 4 is 17.2 Å². The lowest BCUT2D eigenvalue weighted by molar-refractivity contribution is 1.07. The first-order chi connectivity index (χ1) is 6.27. The zero-order chi connectivity index (χ0) is 9.84. The summed E-state index contributed by atoms with van der Waals surface area (Å²) >= 11 is 5.82. The van der Waals surface area contributed by atoms with Crippen LogP contribution in [-0.4, -0.2) is 14.4 Å². The molecule has 0 aliphatic rings. The lowest BCUT2D eigenvalue weighted by atomic mass is 10.5. The van der Waals surface area contributed by atoms with Crippen LogP contribution < -0.4 is 0 Å². The number of hydrogen-bond donors (Lipinski definition) is 0. The number of aryl methyl sites for hydroxylation is 1. The molecule has 2 aromatic heterocycles. The molecule has 0 N–H and O–H groups in total. The lowest BCUT2D eigenvalue weighted by Gasteiger charge is -1.94. The summed E-state index contributed by atoms with van der Waals surface area (Å²) in [4.78, 5) is 8.11. The van der Waals surface area contributed by atoms with Crippen molar-refractivity contribution in [3.05, 3.63) is 29.4 Å². The summed E-state index contributed by atoms with van der Waals surface area (Å²) < 4.78 is 1.80. The fourth-order valence-corrected chi connectivity index (χ4v) is 1.14. The minimum Gasteiger partial charge on any atom is -0.287 e. The van der Waals surface area contributed by atoms with Gasteiger partial charge in [0.15, 0.2) is 5.65 Å². The van der Waals surface area contributed by atoms with Crippen molar-refractivity contribution in [3.63, 3.8) is 0 Å². The van der Waals surface area contributed by atoms with Crippen LogP contribution in [0.2, 0.25) is 5.15 Å². The number of halogens is 1. The van der Waals surface area contributed by atoms with Crippen LogP contribution in [0.5, 0.6) is 0 Å². The van der Waals surface area contributed by atoms with Crippen LogP contribution in [-0.2, 0) is 0 Å². The second-order valence-corrected chi connectivity index (χ2v) is 2.73. The molecule has 0 atom stereocenters. The van der Waals surface area contributed by atoms with Crippen LogP contribution in [0.15, 0.2) is 18.6 Å². The Morgan fingerprint density at radius 1 is 1.23 bits per heavy atom. The molecule has 0 bridgehead atoms. The van der Waals surface area contributed by atoms with Crippen molar-refractivity contribution in [3.8, 4) is 0 Å². The summed E-state index contributed by atoms with van der Waals surface area (Å²) in [7, 11) is 0. The SMILES string of the molecule is CC.Cc1cn2c(Cl)cnc2cn1. The normalized spacial score (nSPS) is 9.54. The molecule has 0 aliphatic carbocycles. The molecule has 0 unspecified atom stereocenters. The van der Waals surface area contributed by atoms with Gasteiger partial charge in [-0.2, -0.15) is 0 Å². The predicted molar refractivity (Wildman–Crippen MR) is 54.1 cm³/mol. The van der Waals surface area contributed by atoms with Crippen molar-refractivity contribution < 1.29 is 0 Å². The Hall–Kier alpha value is -1.09. The number of hydrogen-bond acceptors (Lipinski definition) is 2. The minimum absolute atomic E-state index is 0.616. The lowest BCUT2D eigenvalue weighted by Crippen LogP contribution is -1.88. The molecule has 70 valence electrons. The van der Waals surface area contributed by atoms with Gasteiger partial charge < -0.3 is 0 Å². The van der Waals surface area contributed by atoms with Gasteiger partial charge in [0, 0.05) is 6.20 Å². The van der Waals surface area contributed by atoms with E-state index in [1.54, 1.807) is 16.8 Å². The van der Waals surface area contributed by atoms with Gasteiger partial charge in [-0.15, -0.1) is 0 Å². The Kier molecular flexibility index (Phi) is 3.25. The summed E-state index contributed by atoms with van der Waals surface area (Å²) in [6, 6.07) is 0. The molecule has 0 saturated carbocycles. The third kappa shape index (κ3) is 1.98. The highest BCUT2D eigenvalue weighted by Gasteiger charge is 1.98. The van der Waals surface area contributed by atoms with Gasteiger partial charge in [-0.3, -0.25) is 9.38 Å². The van der Waals surface area contributed by atoms with E-state index in [0.29, 0.717) is 5.15 Å². The number of aromatic nitrogens is 3. The summed E-state index contributed by atoms with van der Waals surface area (Å²) in [5.74, 6) is 0. The molecule has 2 rings (SSSR count). The predicted octanol–water partition coefficient (Wildman–Crippen LogP) is 2.72. The van der Waals surface area contributed by atoms with Crippen molar-refractivity contribution in [1.82, 2.24) is 14.4 Å². The van der Waals surface area contributed by atoms with E-state index in [1.807, 2.05) is 27.0 Å². The van der Waals surface area contributed by atoms with E-state index in [1.165, 1.54) is 0 Å². The van der Waals surface area contributed by atoms with Crippen molar-refractivity contribution in [2.45, 2.75) is 20.8 Å². The van der Waals surface area contributed by atoms with Crippen LogP contribution in [0.25, 0.3) is 5.65 Å². The summed E-state index contributed by atoms with van der Waals surface area (Å²) in [5.41, 5.74) is 1.71. The standard InChI is InChI=1S/C7H6ClN3.C2H6/c1-5-4-11-6(8)2-10-7(11)3-9-5;1-2/h2-4H,1H3;1-2H3. The molecule has 0 fully saturated rings. The average molecular weight is 198 g/mol. The molecule has 2 aromatic rings. The molecule has 0 aliphatic heterocycles. The second-order valence-electron chi connectivity index (χ2n) is 2.34. The van der Waals surface area contributed by atoms with E-state index >= 15 is 0 Å². The maximum absolute atomic E-state index is 5.82. The van der Waals surface area contributed by atoms with Crippen LogP contribution in [0.3, 0.4) is 0 Å². The van der Waals surface area contributed by atoms with E-state index in [0.717, 1.165) is 11.3 Å². The van der Waals surface area contributed by atoms with Gasteiger partial charge in [0.1, 0.15) is 5.15 Å². The molecule has 0 saturated heterocycles. The Morgan fingerprint density at radius 2 is 1.92 bits per heavy atom. The zero-order valence-electron chi connectivity index (χ0n) is 7.95. The molecule has 2 heterocycles. The number of fused-ring (bicyclic) bond motifs is 1. The van der Waals surface area contributed by atoms with Gasteiger partial charge >= 0.3 is 0 Å². The Bertz CT molecular complexity index is 395. The highest BCUT2D eigenvalue weighted by molar-refractivity contribution is 6.29. The minimum atomic E-state index is 0.616. The molecular formula is C9H12ClN3. The van der Waals surface area contributed by atoms with Crippen molar-refractivity contribution in [2.75, 3.05) is 0 Å².